The lowest BCUT2D eigenvalue weighted by Crippen LogP contribution is -2.13. The summed E-state index contributed by atoms with van der Waals surface area (Å²) in [5.74, 6) is -0.560. The first-order valence-electron chi connectivity index (χ1n) is 4.91. The van der Waals surface area contributed by atoms with E-state index in [9.17, 15) is 12.8 Å². The van der Waals surface area contributed by atoms with E-state index in [0.717, 1.165) is 30.2 Å². The third-order valence-corrected chi connectivity index (χ3v) is 3.00. The molecule has 1 aromatic rings. The number of nitrogens with zero attached hydrogens (tertiary/aromatic N) is 2. The molecular formula is C10H11FN4O2S2. The predicted molar refractivity (Wildman–Crippen MR) is 74.2 cm³/mol. The van der Waals surface area contributed by atoms with Crippen LogP contribution in [0.2, 0.25) is 0 Å². The molecule has 9 heteroatoms. The topological polar surface area (TPSA) is 94.3 Å². The highest BCUT2D eigenvalue weighted by Gasteiger charge is 2.09. The van der Waals surface area contributed by atoms with E-state index in [0.29, 0.717) is 0 Å². The Balaban J connectivity index is 3.25. The number of thioether (sulfide) groups is 1. The van der Waals surface area contributed by atoms with Crippen molar-refractivity contribution in [3.05, 3.63) is 24.0 Å². The second-order valence-corrected chi connectivity index (χ2v) is 5.94. The van der Waals surface area contributed by atoms with Gasteiger partial charge in [0.05, 0.1) is 17.6 Å². The lowest BCUT2D eigenvalue weighted by Gasteiger charge is -2.08. The molecule has 0 unspecified atom stereocenters. The van der Waals surface area contributed by atoms with Crippen LogP contribution < -0.4 is 10.0 Å². The Hall–Kier alpha value is -1.79. The summed E-state index contributed by atoms with van der Waals surface area (Å²) in [5.41, 5.74) is 0.215. The molecule has 0 amide bonds. The molecule has 0 bridgehead atoms. The van der Waals surface area contributed by atoms with Gasteiger partial charge in [-0.1, -0.05) is 11.8 Å². The summed E-state index contributed by atoms with van der Waals surface area (Å²) in [4.78, 5) is 3.99. The molecule has 1 aromatic carbocycles. The van der Waals surface area contributed by atoms with Crippen LogP contribution in [-0.4, -0.2) is 26.1 Å². The fraction of sp³-hybridized carbons (Fsp3) is 0.200. The van der Waals surface area contributed by atoms with Crippen molar-refractivity contribution < 1.29 is 12.8 Å². The number of benzene rings is 1. The normalized spacial score (nSPS) is 11.8. The van der Waals surface area contributed by atoms with Crippen LogP contribution in [0.15, 0.2) is 23.2 Å². The van der Waals surface area contributed by atoms with Gasteiger partial charge in [-0.25, -0.2) is 17.8 Å². The van der Waals surface area contributed by atoms with Gasteiger partial charge in [0.1, 0.15) is 5.82 Å². The smallest absolute Gasteiger partial charge is 0.229 e. The number of hydrogen-bond donors (Lipinski definition) is 2. The van der Waals surface area contributed by atoms with E-state index in [1.807, 2.05) is 0 Å². The number of rotatable bonds is 3. The fourth-order valence-corrected chi connectivity index (χ4v) is 2.07. The quantitative estimate of drug-likeness (QED) is 0.383. The summed E-state index contributed by atoms with van der Waals surface area (Å²) in [7, 11) is -3.50. The van der Waals surface area contributed by atoms with Gasteiger partial charge in [0.15, 0.2) is 11.4 Å². The van der Waals surface area contributed by atoms with Gasteiger partial charge in [0.2, 0.25) is 10.0 Å². The molecule has 0 aliphatic carbocycles. The number of amidine groups is 1. The molecule has 0 aliphatic heterocycles. The Morgan fingerprint density at radius 2 is 2.21 bits per heavy atom. The van der Waals surface area contributed by atoms with Gasteiger partial charge in [-0.15, -0.1) is 0 Å². The molecule has 0 heterocycles. The zero-order valence-electron chi connectivity index (χ0n) is 10.1. The van der Waals surface area contributed by atoms with E-state index in [-0.39, 0.29) is 16.5 Å². The first-order chi connectivity index (χ1) is 8.85. The van der Waals surface area contributed by atoms with E-state index < -0.39 is 15.8 Å². The van der Waals surface area contributed by atoms with E-state index in [2.05, 4.69) is 15.0 Å². The second-order valence-electron chi connectivity index (χ2n) is 3.39. The molecule has 0 saturated carbocycles. The minimum Gasteiger partial charge on any atom is -0.282 e. The van der Waals surface area contributed by atoms with Gasteiger partial charge in [-0.05, 0) is 18.4 Å². The van der Waals surface area contributed by atoms with Crippen molar-refractivity contribution in [2.75, 3.05) is 17.2 Å². The zero-order chi connectivity index (χ0) is 14.5. The monoisotopic (exact) mass is 302 g/mol. The Bertz CT molecular complexity index is 637. The average molecular weight is 302 g/mol. The molecule has 0 atom stereocenters. The molecule has 0 fully saturated rings. The van der Waals surface area contributed by atoms with E-state index in [1.54, 1.807) is 12.4 Å². The number of anilines is 1. The lowest BCUT2D eigenvalue weighted by molar-refractivity contribution is 0.606. The minimum atomic E-state index is -3.50. The number of aliphatic imine (C=N–C) groups is 1. The Kier molecular flexibility index (Phi) is 5.14. The van der Waals surface area contributed by atoms with E-state index in [4.69, 9.17) is 5.26 Å². The van der Waals surface area contributed by atoms with Crippen molar-refractivity contribution in [1.29, 1.82) is 5.26 Å². The molecule has 102 valence electrons. The van der Waals surface area contributed by atoms with Crippen LogP contribution in [0.3, 0.4) is 0 Å². The van der Waals surface area contributed by atoms with E-state index >= 15 is 0 Å². The molecule has 6 nitrogen and oxygen atoms in total. The highest BCUT2D eigenvalue weighted by Crippen LogP contribution is 2.27. The summed E-state index contributed by atoms with van der Waals surface area (Å²) >= 11 is 1.14. The van der Waals surface area contributed by atoms with E-state index in [1.165, 1.54) is 6.07 Å². The maximum atomic E-state index is 13.2. The van der Waals surface area contributed by atoms with Gasteiger partial charge in [0.25, 0.3) is 0 Å². The van der Waals surface area contributed by atoms with Gasteiger partial charge < -0.3 is 0 Å². The summed E-state index contributed by atoms with van der Waals surface area (Å²) in [5, 5.41) is 11.1. The van der Waals surface area contributed by atoms with Crippen LogP contribution in [0, 0.1) is 17.3 Å². The highest BCUT2D eigenvalue weighted by atomic mass is 32.2. The molecule has 0 aromatic heterocycles. The van der Waals surface area contributed by atoms with Crippen molar-refractivity contribution in [3.8, 4) is 6.19 Å². The maximum absolute atomic E-state index is 13.2. The Labute approximate surface area is 114 Å². The molecule has 0 aliphatic rings. The van der Waals surface area contributed by atoms with Crippen LogP contribution in [0.25, 0.3) is 0 Å². The van der Waals surface area contributed by atoms with Gasteiger partial charge in [0, 0.05) is 6.07 Å². The van der Waals surface area contributed by atoms with Crippen molar-refractivity contribution in [3.63, 3.8) is 0 Å². The zero-order valence-corrected chi connectivity index (χ0v) is 11.8. The third kappa shape index (κ3) is 5.15. The average Bonchev–Trinajstić information content (AvgIpc) is 2.30. The number of nitrogens with one attached hydrogen (secondary N) is 2. The van der Waals surface area contributed by atoms with Crippen molar-refractivity contribution >= 4 is 38.3 Å². The molecule has 0 spiro atoms. The van der Waals surface area contributed by atoms with Gasteiger partial charge in [-0.3, -0.25) is 10.0 Å². The van der Waals surface area contributed by atoms with Crippen molar-refractivity contribution in [2.45, 2.75) is 0 Å². The molecular weight excluding hydrogens is 291 g/mol. The molecule has 2 N–H and O–H groups in total. The number of sulfonamides is 1. The first kappa shape index (κ1) is 15.3. The minimum absolute atomic E-state index is 0.0810. The van der Waals surface area contributed by atoms with Crippen LogP contribution >= 0.6 is 11.8 Å². The summed E-state index contributed by atoms with van der Waals surface area (Å²) < 4.78 is 37.8. The summed E-state index contributed by atoms with van der Waals surface area (Å²) in [6.45, 7) is 0. The maximum Gasteiger partial charge on any atom is 0.229 e. The van der Waals surface area contributed by atoms with Gasteiger partial charge in [-0.2, -0.15) is 5.26 Å². The molecule has 0 radical (unpaired) electrons. The standard InChI is InChI=1S/C10H11FN4O2S2/c1-18-10(13-6-12)14-9-5-7(11)3-4-8(9)15-19(2,16)17/h3-5,15H,1-2H3,(H,13,14). The Morgan fingerprint density at radius 1 is 1.53 bits per heavy atom. The van der Waals surface area contributed by atoms with Crippen LogP contribution in [0.5, 0.6) is 0 Å². The molecule has 1 rings (SSSR count). The fourth-order valence-electron chi connectivity index (χ4n) is 1.17. The number of nitriles is 1. The van der Waals surface area contributed by atoms with Crippen molar-refractivity contribution in [2.24, 2.45) is 4.99 Å². The van der Waals surface area contributed by atoms with Crippen LogP contribution in [0.4, 0.5) is 15.8 Å². The largest absolute Gasteiger partial charge is 0.282 e. The Morgan fingerprint density at radius 3 is 2.74 bits per heavy atom. The SMILES string of the molecule is CSC(=Nc1cc(F)ccc1NS(C)(=O)=O)NC#N. The highest BCUT2D eigenvalue weighted by molar-refractivity contribution is 8.13. The summed E-state index contributed by atoms with van der Waals surface area (Å²) in [6.07, 6.45) is 4.34. The third-order valence-electron chi connectivity index (χ3n) is 1.83. The summed E-state index contributed by atoms with van der Waals surface area (Å²) in [6, 6.07) is 3.45. The molecule has 19 heavy (non-hydrogen) atoms. The van der Waals surface area contributed by atoms with Crippen molar-refractivity contribution in [1.82, 2.24) is 5.32 Å². The van der Waals surface area contributed by atoms with Crippen LogP contribution in [0.1, 0.15) is 0 Å². The first-order valence-corrected chi connectivity index (χ1v) is 8.02. The predicted octanol–water partition coefficient (Wildman–Crippen LogP) is 1.62. The number of halogens is 1. The number of hydrogen-bond acceptors (Lipinski definition) is 5. The van der Waals surface area contributed by atoms with Crippen LogP contribution in [-0.2, 0) is 10.0 Å². The molecule has 0 saturated heterocycles. The van der Waals surface area contributed by atoms with Gasteiger partial charge >= 0.3 is 0 Å². The lowest BCUT2D eigenvalue weighted by atomic mass is 10.3. The second kappa shape index (κ2) is 6.40.